The zero-order chi connectivity index (χ0) is 9.68. The molecule has 0 saturated heterocycles. The van der Waals surface area contributed by atoms with Crippen molar-refractivity contribution in [1.29, 1.82) is 0 Å². The topological polar surface area (TPSA) is 30.0 Å². The van der Waals surface area contributed by atoms with Gasteiger partial charge in [-0.05, 0) is 42.2 Å². The minimum absolute atomic E-state index is 0.762. The Hall–Kier alpha value is -1.44. The monoisotopic (exact) mass is 175 g/mol. The van der Waals surface area contributed by atoms with Crippen LogP contribution >= 0.6 is 0 Å². The second kappa shape index (κ2) is 4.55. The fraction of sp³-hybridized carbons (Fsp3) is 0.273. The predicted molar refractivity (Wildman–Crippen MR) is 53.3 cm³/mol. The van der Waals surface area contributed by atoms with Crippen molar-refractivity contribution in [3.63, 3.8) is 0 Å². The molecule has 13 heavy (non-hydrogen) atoms. The van der Waals surface area contributed by atoms with E-state index in [-0.39, 0.29) is 0 Å². The molecule has 0 aliphatic rings. The fourth-order valence-corrected chi connectivity index (χ4v) is 1.05. The molecule has 0 saturated carbocycles. The van der Waals surface area contributed by atoms with Crippen molar-refractivity contribution >= 4 is 12.4 Å². The van der Waals surface area contributed by atoms with Crippen LogP contribution in [0.4, 0.5) is 0 Å². The Morgan fingerprint density at radius 2 is 2.38 bits per heavy atom. The van der Waals surface area contributed by atoms with Crippen molar-refractivity contribution in [1.82, 2.24) is 4.98 Å². The van der Waals surface area contributed by atoms with Crippen LogP contribution in [0.25, 0.3) is 6.08 Å². The molecule has 0 bridgehead atoms. The molecule has 2 nitrogen and oxygen atoms in total. The number of aldehydes is 1. The van der Waals surface area contributed by atoms with Gasteiger partial charge >= 0.3 is 0 Å². The van der Waals surface area contributed by atoms with Crippen LogP contribution in [0.2, 0.25) is 0 Å². The minimum atomic E-state index is 0.762. The van der Waals surface area contributed by atoms with Crippen LogP contribution in [0.15, 0.2) is 24.0 Å². The lowest BCUT2D eigenvalue weighted by molar-refractivity contribution is -0.104. The summed E-state index contributed by atoms with van der Waals surface area (Å²) in [6, 6.07) is 1.93. The third kappa shape index (κ3) is 2.51. The smallest absolute Gasteiger partial charge is 0.146 e. The van der Waals surface area contributed by atoms with E-state index in [0.29, 0.717) is 0 Å². The normalized spacial score (nSPS) is 11.4. The van der Waals surface area contributed by atoms with Gasteiger partial charge in [-0.3, -0.25) is 9.78 Å². The molecule has 1 aromatic heterocycles. The van der Waals surface area contributed by atoms with Gasteiger partial charge in [0.1, 0.15) is 6.29 Å². The molecule has 0 unspecified atom stereocenters. The maximum Gasteiger partial charge on any atom is 0.146 e. The first kappa shape index (κ1) is 9.65. The number of carbonyl (C=O) groups excluding carboxylic acids is 1. The van der Waals surface area contributed by atoms with E-state index in [0.717, 1.165) is 29.4 Å². The molecule has 0 aliphatic carbocycles. The van der Waals surface area contributed by atoms with Gasteiger partial charge in [0.05, 0.1) is 0 Å². The number of hydrogen-bond donors (Lipinski definition) is 0. The quantitative estimate of drug-likeness (QED) is 0.521. The van der Waals surface area contributed by atoms with Gasteiger partial charge in [-0.15, -0.1) is 0 Å². The minimum Gasteiger partial charge on any atom is -0.298 e. The predicted octanol–water partition coefficient (Wildman–Crippen LogP) is 2.38. The second-order valence-electron chi connectivity index (χ2n) is 2.92. The molecule has 0 amide bonds. The van der Waals surface area contributed by atoms with E-state index < -0.39 is 0 Å². The zero-order valence-corrected chi connectivity index (χ0v) is 7.95. The van der Waals surface area contributed by atoms with Gasteiger partial charge in [0.25, 0.3) is 0 Å². The van der Waals surface area contributed by atoms with E-state index in [4.69, 9.17) is 0 Å². The summed E-state index contributed by atoms with van der Waals surface area (Å²) in [6.07, 6.45) is 7.06. The Bertz CT molecular complexity index is 329. The summed E-state index contributed by atoms with van der Waals surface area (Å²) in [5, 5.41) is 0. The number of aryl methyl sites for hydroxylation is 1. The average molecular weight is 175 g/mol. The highest BCUT2D eigenvalue weighted by Crippen LogP contribution is 2.10. The maximum absolute atomic E-state index is 10.6. The Morgan fingerprint density at radius 1 is 1.62 bits per heavy atom. The summed E-state index contributed by atoms with van der Waals surface area (Å²) in [5.74, 6) is 0. The van der Waals surface area contributed by atoms with Crippen molar-refractivity contribution in [2.24, 2.45) is 0 Å². The summed E-state index contributed by atoms with van der Waals surface area (Å²) >= 11 is 0. The molecule has 1 heterocycles. The van der Waals surface area contributed by atoms with Crippen LogP contribution in [0.5, 0.6) is 0 Å². The standard InChI is InChI=1S/C11H13NO/c1-3-10(8-13)6-11-7-12-5-4-9(11)2/h4-8H,3H2,1-2H3/b10-6-. The fourth-order valence-electron chi connectivity index (χ4n) is 1.05. The highest BCUT2D eigenvalue weighted by atomic mass is 16.1. The lowest BCUT2D eigenvalue weighted by atomic mass is 10.1. The number of rotatable bonds is 3. The Balaban J connectivity index is 3.02. The van der Waals surface area contributed by atoms with Gasteiger partial charge in [0, 0.05) is 12.4 Å². The molecule has 0 aliphatic heterocycles. The largest absolute Gasteiger partial charge is 0.298 e. The van der Waals surface area contributed by atoms with Crippen LogP contribution in [0.1, 0.15) is 24.5 Å². The van der Waals surface area contributed by atoms with Crippen molar-refractivity contribution in [3.8, 4) is 0 Å². The van der Waals surface area contributed by atoms with Gasteiger partial charge in [-0.1, -0.05) is 6.92 Å². The van der Waals surface area contributed by atoms with Crippen LogP contribution in [0.3, 0.4) is 0 Å². The van der Waals surface area contributed by atoms with E-state index in [1.54, 1.807) is 12.4 Å². The van der Waals surface area contributed by atoms with Crippen molar-refractivity contribution in [2.45, 2.75) is 20.3 Å². The highest BCUT2D eigenvalue weighted by molar-refractivity contribution is 5.81. The molecule has 0 N–H and O–H groups in total. The molecule has 2 heteroatoms. The van der Waals surface area contributed by atoms with E-state index in [1.807, 2.05) is 26.0 Å². The molecule has 68 valence electrons. The SMILES string of the molecule is CC/C(C=O)=C/c1cnccc1C. The highest BCUT2D eigenvalue weighted by Gasteiger charge is 1.95. The lowest BCUT2D eigenvalue weighted by Gasteiger charge is -1.99. The van der Waals surface area contributed by atoms with E-state index in [2.05, 4.69) is 4.98 Å². The van der Waals surface area contributed by atoms with Crippen LogP contribution < -0.4 is 0 Å². The number of allylic oxidation sites excluding steroid dienone is 1. The van der Waals surface area contributed by atoms with Crippen molar-refractivity contribution in [2.75, 3.05) is 0 Å². The van der Waals surface area contributed by atoms with Crippen LogP contribution in [-0.2, 0) is 4.79 Å². The summed E-state index contributed by atoms with van der Waals surface area (Å²) in [7, 11) is 0. The van der Waals surface area contributed by atoms with Gasteiger partial charge in [0.2, 0.25) is 0 Å². The Kier molecular flexibility index (Phi) is 3.38. The molecule has 1 rings (SSSR count). The van der Waals surface area contributed by atoms with Crippen molar-refractivity contribution < 1.29 is 4.79 Å². The summed E-state index contributed by atoms with van der Waals surface area (Å²) < 4.78 is 0. The van der Waals surface area contributed by atoms with E-state index in [1.165, 1.54) is 0 Å². The van der Waals surface area contributed by atoms with Gasteiger partial charge in [0.15, 0.2) is 0 Å². The summed E-state index contributed by atoms with van der Waals surface area (Å²) in [5.41, 5.74) is 2.96. The van der Waals surface area contributed by atoms with Gasteiger partial charge in [-0.2, -0.15) is 0 Å². The third-order valence-electron chi connectivity index (χ3n) is 1.98. The van der Waals surface area contributed by atoms with Gasteiger partial charge in [-0.25, -0.2) is 0 Å². The number of pyridine rings is 1. The molecule has 0 atom stereocenters. The Labute approximate surface area is 78.3 Å². The first-order valence-electron chi connectivity index (χ1n) is 4.34. The third-order valence-corrected chi connectivity index (χ3v) is 1.98. The first-order valence-corrected chi connectivity index (χ1v) is 4.34. The molecule has 0 spiro atoms. The maximum atomic E-state index is 10.6. The first-order chi connectivity index (χ1) is 6.27. The second-order valence-corrected chi connectivity index (χ2v) is 2.92. The number of carbonyl (C=O) groups is 1. The molecule has 0 aromatic carbocycles. The average Bonchev–Trinajstić information content (AvgIpc) is 2.17. The number of hydrogen-bond acceptors (Lipinski definition) is 2. The number of nitrogens with zero attached hydrogens (tertiary/aromatic N) is 1. The van der Waals surface area contributed by atoms with E-state index >= 15 is 0 Å². The molecule has 0 fully saturated rings. The lowest BCUT2D eigenvalue weighted by Crippen LogP contribution is -1.86. The molecular formula is C11H13NO. The van der Waals surface area contributed by atoms with Crippen LogP contribution in [-0.4, -0.2) is 11.3 Å². The number of aromatic nitrogens is 1. The zero-order valence-electron chi connectivity index (χ0n) is 7.95. The van der Waals surface area contributed by atoms with Crippen molar-refractivity contribution in [3.05, 3.63) is 35.2 Å². The molecule has 0 radical (unpaired) electrons. The molecular weight excluding hydrogens is 162 g/mol. The van der Waals surface area contributed by atoms with E-state index in [9.17, 15) is 4.79 Å². The van der Waals surface area contributed by atoms with Gasteiger partial charge < -0.3 is 0 Å². The Morgan fingerprint density at radius 3 is 2.92 bits per heavy atom. The summed E-state index contributed by atoms with van der Waals surface area (Å²) in [6.45, 7) is 3.97. The summed E-state index contributed by atoms with van der Waals surface area (Å²) in [4.78, 5) is 14.6. The van der Waals surface area contributed by atoms with Crippen LogP contribution in [0, 0.1) is 6.92 Å². The molecule has 1 aromatic rings.